The van der Waals surface area contributed by atoms with Crippen LogP contribution < -0.4 is 33.2 Å². The summed E-state index contributed by atoms with van der Waals surface area (Å²) in [6.45, 7) is 9.78. The summed E-state index contributed by atoms with van der Waals surface area (Å²) in [5, 5.41) is 8.82. The molecule has 0 aliphatic rings. The molecule has 0 aliphatic carbocycles. The van der Waals surface area contributed by atoms with Gasteiger partial charge in [-0.25, -0.2) is 15.0 Å². The van der Waals surface area contributed by atoms with Gasteiger partial charge in [0.05, 0.1) is 51.1 Å². The van der Waals surface area contributed by atoms with E-state index in [4.69, 9.17) is 17.2 Å². The van der Waals surface area contributed by atoms with E-state index in [1.54, 1.807) is 13.3 Å². The topological polar surface area (TPSA) is 301 Å². The highest BCUT2D eigenvalue weighted by Crippen LogP contribution is 2.21. The van der Waals surface area contributed by atoms with E-state index in [1.165, 1.54) is 25.9 Å². The maximum absolute atomic E-state index is 13.9. The summed E-state index contributed by atoms with van der Waals surface area (Å²) in [7, 11) is 0. The zero-order valence-electron chi connectivity index (χ0n) is 40.7. The summed E-state index contributed by atoms with van der Waals surface area (Å²) in [5.74, 6) is -2.55. The lowest BCUT2D eigenvalue weighted by Crippen LogP contribution is -2.52. The van der Waals surface area contributed by atoms with Gasteiger partial charge in [-0.1, -0.05) is 64.4 Å². The van der Waals surface area contributed by atoms with E-state index in [2.05, 4.69) is 35.9 Å². The van der Waals surface area contributed by atoms with E-state index in [9.17, 15) is 33.6 Å². The second-order valence-electron chi connectivity index (χ2n) is 18.0. The summed E-state index contributed by atoms with van der Waals surface area (Å²) in [4.78, 5) is 113. The van der Waals surface area contributed by atoms with E-state index >= 15 is 0 Å². The first kappa shape index (κ1) is 56.1. The number of nitrogens with two attached hydrogens (primary N) is 3. The molecule has 7 amide bonds. The van der Waals surface area contributed by atoms with Crippen molar-refractivity contribution in [3.63, 3.8) is 0 Å². The number of aromatic amines is 1. The summed E-state index contributed by atoms with van der Waals surface area (Å²) < 4.78 is 0. The van der Waals surface area contributed by atoms with Gasteiger partial charge in [-0.15, -0.1) is 0 Å². The number of aromatic nitrogens is 4. The molecule has 1 unspecified atom stereocenters. The Morgan fingerprint density at radius 2 is 1.37 bits per heavy atom. The van der Waals surface area contributed by atoms with E-state index in [1.807, 2.05) is 58.0 Å². The summed E-state index contributed by atoms with van der Waals surface area (Å²) in [6, 6.07) is 7.79. The molecule has 0 saturated carbocycles. The number of anilines is 1. The van der Waals surface area contributed by atoms with Crippen LogP contribution in [0, 0.1) is 11.8 Å². The maximum atomic E-state index is 13.9. The van der Waals surface area contributed by atoms with Crippen LogP contribution in [0.15, 0.2) is 43.0 Å². The Morgan fingerprint density at radius 3 is 2.04 bits per heavy atom. The van der Waals surface area contributed by atoms with Crippen LogP contribution in [-0.4, -0.2) is 159 Å². The molecule has 0 bridgehead atoms. The van der Waals surface area contributed by atoms with Gasteiger partial charge < -0.3 is 57.7 Å². The first-order valence-electron chi connectivity index (χ1n) is 23.8. The van der Waals surface area contributed by atoms with Crippen molar-refractivity contribution in [1.82, 2.24) is 50.2 Å². The fourth-order valence-corrected chi connectivity index (χ4v) is 7.51. The molecule has 1 aromatic carbocycles. The number of imidazole rings is 1. The Morgan fingerprint density at radius 1 is 0.691 bits per heavy atom. The molecule has 3 aromatic rings. The highest BCUT2D eigenvalue weighted by atomic mass is 16.2. The van der Waals surface area contributed by atoms with Crippen molar-refractivity contribution in [2.24, 2.45) is 29.0 Å². The zero-order chi connectivity index (χ0) is 50.0. The molecule has 376 valence electrons. The number of hydrogen-bond acceptors (Lipinski definition) is 13. The van der Waals surface area contributed by atoms with Crippen LogP contribution in [-0.2, 0) is 33.6 Å². The molecular weight excluding hydrogens is 873 g/mol. The molecule has 21 heteroatoms. The van der Waals surface area contributed by atoms with Crippen molar-refractivity contribution in [3.05, 3.63) is 48.5 Å². The normalized spacial score (nSPS) is 12.1. The van der Waals surface area contributed by atoms with Gasteiger partial charge in [0.1, 0.15) is 11.8 Å². The van der Waals surface area contributed by atoms with Gasteiger partial charge in [-0.05, 0) is 75.8 Å². The predicted octanol–water partition coefficient (Wildman–Crippen LogP) is 1.67. The number of nitrogens with one attached hydrogen (secondary N) is 4. The van der Waals surface area contributed by atoms with Crippen LogP contribution in [0.4, 0.5) is 5.82 Å². The third kappa shape index (κ3) is 20.3. The van der Waals surface area contributed by atoms with E-state index in [0.29, 0.717) is 69.6 Å². The molecule has 0 aliphatic heterocycles. The molecule has 0 fully saturated rings. The number of rotatable bonds is 33. The second kappa shape index (κ2) is 30.2. The molecule has 2 heterocycles. The van der Waals surface area contributed by atoms with Gasteiger partial charge >= 0.3 is 0 Å². The number of hydrogen-bond donors (Lipinski definition) is 7. The van der Waals surface area contributed by atoms with Crippen molar-refractivity contribution in [2.45, 2.75) is 104 Å². The minimum atomic E-state index is -0.879. The molecule has 10 N–H and O–H groups in total. The summed E-state index contributed by atoms with van der Waals surface area (Å²) in [6.07, 6.45) is 8.63. The average Bonchev–Trinajstić information content (AvgIpc) is 3.79. The van der Waals surface area contributed by atoms with Gasteiger partial charge in [-0.2, -0.15) is 0 Å². The smallest absolute Gasteiger partial charge is 0.243 e. The maximum Gasteiger partial charge on any atom is 0.243 e. The molecule has 2 aromatic heterocycles. The Balaban J connectivity index is 1.47. The lowest BCUT2D eigenvalue weighted by atomic mass is 10.1. The van der Waals surface area contributed by atoms with E-state index < -0.39 is 54.1 Å². The van der Waals surface area contributed by atoms with Gasteiger partial charge in [0.2, 0.25) is 41.4 Å². The monoisotopic (exact) mass is 949 g/mol. The molecule has 2 atom stereocenters. The van der Waals surface area contributed by atoms with Gasteiger partial charge in [0, 0.05) is 39.1 Å². The number of carbonyl (C=O) groups is 7. The number of H-pyrrole nitrogens is 1. The van der Waals surface area contributed by atoms with Gasteiger partial charge in [0.25, 0.3) is 0 Å². The van der Waals surface area contributed by atoms with Gasteiger partial charge in [0.15, 0.2) is 11.5 Å². The summed E-state index contributed by atoms with van der Waals surface area (Å²) in [5.41, 5.74) is 19.7. The van der Waals surface area contributed by atoms with Crippen LogP contribution in [0.25, 0.3) is 11.2 Å². The minimum absolute atomic E-state index is 0.0268. The number of carbonyl (C=O) groups excluding carboxylic acids is 7. The third-order valence-electron chi connectivity index (χ3n) is 11.1. The molecule has 68 heavy (non-hydrogen) atoms. The Hall–Kier alpha value is -6.22. The largest absolute Gasteiger partial charge is 0.368 e. The minimum Gasteiger partial charge on any atom is -0.368 e. The van der Waals surface area contributed by atoms with Crippen LogP contribution in [0.2, 0.25) is 0 Å². The third-order valence-corrected chi connectivity index (χ3v) is 11.1. The fraction of sp³-hybridized carbons (Fsp3) is 0.617. The van der Waals surface area contributed by atoms with E-state index in [0.717, 1.165) is 30.3 Å². The Kier molecular flexibility index (Phi) is 24.9. The van der Waals surface area contributed by atoms with Crippen LogP contribution in [0.1, 0.15) is 104 Å². The number of fused-ring (bicyclic) bond motifs is 1. The Bertz CT molecular complexity index is 2050. The standard InChI is InChI=1S/C47H76N14O7/c1-33(2)25-59(29-42(66)60(26-34(3)4)30-43(67)61(27-38(50)62)35(5)36-16-8-6-9-17-36)41(65)24-53-40(64)28-58(23-15-12-20-48)47(68)37(49)18-11-14-21-51-39(63)19-10-7-13-22-52-45-44-46(55-31-54-44)57-32-56-45/h6,8-9,16-17,31-35,37H,7,10-15,18-30,48-49H2,1-5H3,(H2,50,62)(H,51,63)(H,53,64)(H2,52,54,55,56,57)/t35-,37?/m0/s1. The molecule has 21 nitrogen and oxygen atoms in total. The Labute approximate surface area is 400 Å². The number of primary amides is 1. The average molecular weight is 949 g/mol. The molecule has 0 saturated heterocycles. The number of unbranched alkanes of at least 4 members (excludes halogenated alkanes) is 4. The molecule has 0 radical (unpaired) electrons. The molecular formula is C47H76N14O7. The lowest BCUT2D eigenvalue weighted by Gasteiger charge is -2.33. The van der Waals surface area contributed by atoms with Crippen LogP contribution >= 0.6 is 0 Å². The summed E-state index contributed by atoms with van der Waals surface area (Å²) >= 11 is 0. The predicted molar refractivity (Wildman–Crippen MR) is 260 cm³/mol. The highest BCUT2D eigenvalue weighted by molar-refractivity contribution is 5.92. The highest BCUT2D eigenvalue weighted by Gasteiger charge is 2.30. The zero-order valence-corrected chi connectivity index (χ0v) is 40.7. The van der Waals surface area contributed by atoms with Crippen molar-refractivity contribution in [3.8, 4) is 0 Å². The number of benzene rings is 1. The first-order valence-corrected chi connectivity index (χ1v) is 23.8. The molecule has 0 spiro atoms. The molecule has 3 rings (SSSR count). The number of nitrogens with zero attached hydrogens (tertiary/aromatic N) is 7. The first-order chi connectivity index (χ1) is 32.5. The lowest BCUT2D eigenvalue weighted by molar-refractivity contribution is -0.146. The van der Waals surface area contributed by atoms with E-state index in [-0.39, 0.29) is 63.6 Å². The quantitative estimate of drug-likeness (QED) is 0.0428. The van der Waals surface area contributed by atoms with Crippen molar-refractivity contribution >= 4 is 58.3 Å². The fourth-order valence-electron chi connectivity index (χ4n) is 7.51. The van der Waals surface area contributed by atoms with Gasteiger partial charge in [-0.3, -0.25) is 33.6 Å². The van der Waals surface area contributed by atoms with Crippen molar-refractivity contribution in [2.75, 3.05) is 77.3 Å². The SMILES string of the molecule is CC(C)CN(CC(=O)N(CC(=O)N(CC(N)=O)[C@@H](C)c1ccccc1)CC(C)C)C(=O)CNC(=O)CN(CCCCN)C(=O)C(N)CCCCNC(=O)CCCCCNc1ncnc2nc[nH]c12. The number of amides is 7. The van der Waals surface area contributed by atoms with Crippen molar-refractivity contribution < 1.29 is 33.6 Å². The van der Waals surface area contributed by atoms with Crippen molar-refractivity contribution in [1.29, 1.82) is 0 Å². The van der Waals surface area contributed by atoms with Crippen LogP contribution in [0.3, 0.4) is 0 Å². The van der Waals surface area contributed by atoms with Crippen LogP contribution in [0.5, 0.6) is 0 Å². The second-order valence-corrected chi connectivity index (χ2v) is 18.0.